The Bertz CT molecular complexity index is 4710. The van der Waals surface area contributed by atoms with E-state index < -0.39 is 40.1 Å². The number of carbonyl (C=O) groups is 5. The summed E-state index contributed by atoms with van der Waals surface area (Å²) in [4.78, 5) is 92.3. The van der Waals surface area contributed by atoms with Crippen molar-refractivity contribution in [3.63, 3.8) is 0 Å². The SMILES string of the molecule is CCCCCCCCCCCCOc1cc(OC)c(C(=O)Nc2cc(C)ccc2OC)cc1NC(=O)c1cc(NC(=O)c2cc(N(C(=O)c3cc(NC(=O)c4cc([N+](=O)[O-])c(OCCCCCCCCCCCC)cc4OC)c(OCCCCCCCCCCCC)cc3OC)c3ccccc3)c(OCCCCCCCCCCCC)cc2OC)c(OCCCCCCCCCCCC)cc1OC. The Morgan fingerprint density at radius 1 is 0.268 bits per heavy atom. The number of rotatable bonds is 78. The molecule has 0 aromatic heterocycles. The van der Waals surface area contributed by atoms with Gasteiger partial charge in [-0.2, -0.15) is 0 Å². The molecule has 138 heavy (non-hydrogen) atoms. The first-order valence-corrected chi connectivity index (χ1v) is 52.6. The standard InChI is InChI=1S/C114H168N6O18/c1-13-18-23-28-33-38-43-48-53-61-70-134-105-81-100(129-8)88(110(121)115-93-75-86(6)68-69-99(93)128-7)76-94(105)116-111(122)89-77-95(106(82-101(89)130-9)135-71-62-54-49-44-39-34-29-24-19-14-2)117-112(123)90-79-97(108(84-102(90)131-10)137-73-64-56-51-46-41-36-31-26-21-16-4)119(87-66-59-58-60-67-87)114(125)92-78-96(107(83-104(92)133-12)136-72-63-55-50-45-40-35-30-25-20-15-3)118-113(124)91-80-98(120(126)127)109(85-103(91)132-11)138-74-65-57-52-47-42-37-32-27-22-17-5/h58-60,66-69,75-85H,13-57,61-65,70-74H2,1-12H3,(H,115,121)(H,116,122)(H,117,123)(H,118,124). The van der Waals surface area contributed by atoms with Crippen LogP contribution in [0.5, 0.6) is 63.2 Å². The zero-order valence-corrected chi connectivity index (χ0v) is 86.0. The van der Waals surface area contributed by atoms with Gasteiger partial charge >= 0.3 is 5.69 Å². The molecule has 0 spiro atoms. The van der Waals surface area contributed by atoms with E-state index in [1.807, 2.05) is 19.1 Å². The molecule has 7 rings (SSSR count). The molecule has 24 nitrogen and oxygen atoms in total. The second-order valence-corrected chi connectivity index (χ2v) is 36.6. The van der Waals surface area contributed by atoms with Crippen LogP contribution in [0.15, 0.2) is 109 Å². The molecule has 0 aliphatic rings. The molecule has 0 saturated carbocycles. The Labute approximate surface area is 826 Å². The van der Waals surface area contributed by atoms with E-state index in [0.29, 0.717) is 49.4 Å². The van der Waals surface area contributed by atoms with Gasteiger partial charge in [0.15, 0.2) is 0 Å². The maximum Gasteiger partial charge on any atom is 0.312 e. The Balaban J connectivity index is 1.35. The largest absolute Gasteiger partial charge is 0.496 e. The average molecular weight is 1910 g/mol. The van der Waals surface area contributed by atoms with Crippen molar-refractivity contribution in [2.75, 3.05) is 102 Å². The minimum atomic E-state index is -0.809. The molecule has 0 aliphatic carbocycles. The summed E-state index contributed by atoms with van der Waals surface area (Å²) in [5.41, 5.74) is 1.29. The molecule has 0 atom stereocenters. The van der Waals surface area contributed by atoms with E-state index in [1.54, 1.807) is 60.7 Å². The molecule has 24 heteroatoms. The second kappa shape index (κ2) is 68.2. The minimum Gasteiger partial charge on any atom is -0.496 e. The van der Waals surface area contributed by atoms with Gasteiger partial charge in [0.25, 0.3) is 29.5 Å². The first kappa shape index (κ1) is 114. The van der Waals surface area contributed by atoms with Crippen LogP contribution in [0.1, 0.15) is 413 Å². The van der Waals surface area contributed by atoms with E-state index in [4.69, 9.17) is 52.1 Å². The fourth-order valence-corrected chi connectivity index (χ4v) is 17.3. The summed E-state index contributed by atoms with van der Waals surface area (Å²) in [7, 11) is 8.67. The van der Waals surface area contributed by atoms with Gasteiger partial charge in [-0.1, -0.05) is 348 Å². The van der Waals surface area contributed by atoms with Crippen molar-refractivity contribution in [2.24, 2.45) is 0 Å². The lowest BCUT2D eigenvalue weighted by Gasteiger charge is -2.28. The number of unbranched alkanes of at least 4 members (excludes halogenated alkanes) is 45. The number of benzene rings is 7. The number of hydrogen-bond acceptors (Lipinski definition) is 18. The lowest BCUT2D eigenvalue weighted by molar-refractivity contribution is -0.385. The molecule has 7 aromatic rings. The van der Waals surface area contributed by atoms with Crippen LogP contribution in [0.25, 0.3) is 0 Å². The molecule has 0 heterocycles. The van der Waals surface area contributed by atoms with Crippen LogP contribution >= 0.6 is 0 Å². The summed E-state index contributed by atoms with van der Waals surface area (Å²) < 4.78 is 68.8. The number of anilines is 6. The molecule has 4 N–H and O–H groups in total. The molecule has 5 amide bonds. The Kier molecular flexibility index (Phi) is 56.4. The highest BCUT2D eigenvalue weighted by atomic mass is 16.6. The van der Waals surface area contributed by atoms with E-state index in [2.05, 4.69) is 55.9 Å². The van der Waals surface area contributed by atoms with E-state index in [-0.39, 0.29) is 134 Å². The predicted molar refractivity (Wildman–Crippen MR) is 561 cm³/mol. The lowest BCUT2D eigenvalue weighted by Crippen LogP contribution is -2.28. The first-order chi connectivity index (χ1) is 67.4. The van der Waals surface area contributed by atoms with E-state index >= 15 is 19.2 Å². The number of nitrogens with one attached hydrogen (secondary N) is 4. The number of aryl methyl sites for hydroxylation is 1. The van der Waals surface area contributed by atoms with Gasteiger partial charge in [-0.25, -0.2) is 0 Å². The number of methoxy groups -OCH3 is 6. The van der Waals surface area contributed by atoms with Gasteiger partial charge in [-0.3, -0.25) is 39.0 Å². The van der Waals surface area contributed by atoms with Crippen molar-refractivity contribution in [1.29, 1.82) is 0 Å². The smallest absolute Gasteiger partial charge is 0.312 e. The van der Waals surface area contributed by atoms with Gasteiger partial charge in [0.1, 0.15) is 57.5 Å². The summed E-state index contributed by atoms with van der Waals surface area (Å²) in [6.45, 7) is 14.2. The van der Waals surface area contributed by atoms with Crippen LogP contribution in [-0.4, -0.2) is 110 Å². The fourth-order valence-electron chi connectivity index (χ4n) is 17.3. The Hall–Kier alpha value is -10.9. The van der Waals surface area contributed by atoms with Crippen molar-refractivity contribution in [3.8, 4) is 63.2 Å². The van der Waals surface area contributed by atoms with Gasteiger partial charge in [-0.05, 0) is 93.1 Å². The summed E-state index contributed by atoms with van der Waals surface area (Å²) in [6, 6.07) is 29.1. The van der Waals surface area contributed by atoms with Crippen LogP contribution in [0.2, 0.25) is 0 Å². The third-order valence-corrected chi connectivity index (χ3v) is 25.5. The molecule has 0 unspecified atom stereocenters. The Morgan fingerprint density at radius 3 is 0.819 bits per heavy atom. The molecule has 0 radical (unpaired) electrons. The number of hydrogen-bond donors (Lipinski definition) is 4. The Morgan fingerprint density at radius 2 is 0.514 bits per heavy atom. The van der Waals surface area contributed by atoms with Crippen molar-refractivity contribution in [3.05, 3.63) is 153 Å². The fraction of sp³-hybridized carbons (Fsp3) is 0.588. The van der Waals surface area contributed by atoms with Crippen molar-refractivity contribution >= 4 is 69.3 Å². The third-order valence-electron chi connectivity index (χ3n) is 25.5. The van der Waals surface area contributed by atoms with Gasteiger partial charge in [0.2, 0.25) is 5.75 Å². The molecule has 762 valence electrons. The lowest BCUT2D eigenvalue weighted by atomic mass is 10.1. The highest BCUT2D eigenvalue weighted by Crippen LogP contribution is 2.46. The van der Waals surface area contributed by atoms with Crippen LogP contribution in [-0.2, 0) is 0 Å². The van der Waals surface area contributed by atoms with E-state index in [9.17, 15) is 14.9 Å². The maximum absolute atomic E-state index is 16.7. The van der Waals surface area contributed by atoms with Gasteiger partial charge < -0.3 is 73.4 Å². The highest BCUT2D eigenvalue weighted by molar-refractivity contribution is 6.17. The monoisotopic (exact) mass is 1910 g/mol. The van der Waals surface area contributed by atoms with Gasteiger partial charge in [0, 0.05) is 42.1 Å². The summed E-state index contributed by atoms with van der Waals surface area (Å²) in [5, 5.41) is 25.2. The second-order valence-electron chi connectivity index (χ2n) is 36.6. The molecule has 0 saturated heterocycles. The zero-order chi connectivity index (χ0) is 99.1. The van der Waals surface area contributed by atoms with Crippen LogP contribution in [0.3, 0.4) is 0 Å². The van der Waals surface area contributed by atoms with E-state index in [1.165, 1.54) is 251 Å². The summed E-state index contributed by atoms with van der Waals surface area (Å²) >= 11 is 0. The number of nitrogens with zero attached hydrogens (tertiary/aromatic N) is 2. The number of ether oxygens (including phenoxy) is 11. The quantitative estimate of drug-likeness (QED) is 0.0157. The van der Waals surface area contributed by atoms with Gasteiger partial charge in [0.05, 0.1) is 137 Å². The molecular formula is C114H168N6O18. The zero-order valence-electron chi connectivity index (χ0n) is 86.0. The number of amides is 5. The molecule has 0 bridgehead atoms. The molecule has 7 aromatic carbocycles. The topological polar surface area (TPSA) is 281 Å². The number of para-hydroxylation sites is 1. The van der Waals surface area contributed by atoms with Crippen molar-refractivity contribution in [2.45, 2.75) is 363 Å². The number of nitro groups is 1. The molecular weight excluding hydrogens is 1740 g/mol. The molecule has 0 aliphatic heterocycles. The average Bonchev–Trinajstić information content (AvgIpc) is 0.763. The normalized spacial score (nSPS) is 11.1. The molecule has 0 fully saturated rings. The van der Waals surface area contributed by atoms with E-state index in [0.717, 1.165) is 134 Å². The highest BCUT2D eigenvalue weighted by Gasteiger charge is 2.33. The van der Waals surface area contributed by atoms with Crippen molar-refractivity contribution < 1.29 is 81.0 Å². The minimum absolute atomic E-state index is 0.0117. The third kappa shape index (κ3) is 40.1. The summed E-state index contributed by atoms with van der Waals surface area (Å²) in [5.74, 6) is -1.94. The maximum atomic E-state index is 16.7. The van der Waals surface area contributed by atoms with Crippen LogP contribution < -0.4 is 78.3 Å². The summed E-state index contributed by atoms with van der Waals surface area (Å²) in [6.07, 6.45) is 54.7. The van der Waals surface area contributed by atoms with Crippen LogP contribution in [0, 0.1) is 17.0 Å². The first-order valence-electron chi connectivity index (χ1n) is 52.6. The predicted octanol–water partition coefficient (Wildman–Crippen LogP) is 31.4. The number of carbonyl (C=O) groups excluding carboxylic acids is 5. The van der Waals surface area contributed by atoms with Crippen LogP contribution in [0.4, 0.5) is 39.8 Å². The number of nitro benzene ring substituents is 1. The van der Waals surface area contributed by atoms with Gasteiger partial charge in [-0.15, -0.1) is 0 Å². The van der Waals surface area contributed by atoms with Crippen molar-refractivity contribution in [1.82, 2.24) is 0 Å².